The quantitative estimate of drug-likeness (QED) is 0.349. The molecule has 22 heavy (non-hydrogen) atoms. The number of nitrogens with zero attached hydrogens (tertiary/aromatic N) is 2. The molecule has 2 N–H and O–H groups in total. The van der Waals surface area contributed by atoms with E-state index in [9.17, 15) is 20.0 Å². The minimum Gasteiger partial charge on any atom is -0.507 e. The van der Waals surface area contributed by atoms with Crippen LogP contribution >= 0.6 is 22.6 Å². The third-order valence-corrected chi connectivity index (χ3v) is 3.35. The molecule has 2 rings (SSSR count). The maximum atomic E-state index is 11.8. The fraction of sp³-hybridized carbons (Fsp3) is 0. The van der Waals surface area contributed by atoms with Crippen LogP contribution < -0.4 is 5.43 Å². The molecular formula is C14H10IN3O4. The van der Waals surface area contributed by atoms with E-state index < -0.39 is 10.8 Å². The van der Waals surface area contributed by atoms with E-state index in [0.717, 1.165) is 15.9 Å². The van der Waals surface area contributed by atoms with Gasteiger partial charge in [-0.3, -0.25) is 14.9 Å². The molecular weight excluding hydrogens is 401 g/mol. The number of nitro benzene ring substituents is 1. The molecule has 8 heteroatoms. The molecule has 2 aromatic rings. The summed E-state index contributed by atoms with van der Waals surface area (Å²) in [5, 5.41) is 24.0. The molecule has 7 nitrogen and oxygen atoms in total. The molecule has 0 heterocycles. The number of non-ortho nitro benzene ring substituents is 1. The van der Waals surface area contributed by atoms with Crippen LogP contribution in [0.5, 0.6) is 5.75 Å². The summed E-state index contributed by atoms with van der Waals surface area (Å²) in [5.41, 5.74) is 2.69. The minimum atomic E-state index is -0.582. The zero-order valence-electron chi connectivity index (χ0n) is 11.1. The average molecular weight is 411 g/mol. The number of rotatable bonds is 4. The lowest BCUT2D eigenvalue weighted by molar-refractivity contribution is -0.384. The Hall–Kier alpha value is -2.49. The van der Waals surface area contributed by atoms with Gasteiger partial charge in [0.1, 0.15) is 5.75 Å². The number of halogens is 1. The summed E-state index contributed by atoms with van der Waals surface area (Å²) in [4.78, 5) is 21.9. The summed E-state index contributed by atoms with van der Waals surface area (Å²) >= 11 is 2.08. The number of aromatic hydroxyl groups is 1. The third-order valence-electron chi connectivity index (χ3n) is 2.68. The first-order valence-electron chi connectivity index (χ1n) is 6.04. The molecule has 0 aromatic heterocycles. The van der Waals surface area contributed by atoms with E-state index in [0.29, 0.717) is 5.56 Å². The molecule has 0 radical (unpaired) electrons. The van der Waals surface area contributed by atoms with Crippen molar-refractivity contribution in [1.82, 2.24) is 5.43 Å². The Morgan fingerprint density at radius 3 is 2.77 bits per heavy atom. The minimum absolute atomic E-state index is 0.136. The zero-order valence-corrected chi connectivity index (χ0v) is 13.2. The number of hydrogen-bond acceptors (Lipinski definition) is 5. The fourth-order valence-corrected chi connectivity index (χ4v) is 2.16. The fourth-order valence-electron chi connectivity index (χ4n) is 1.61. The van der Waals surface area contributed by atoms with Gasteiger partial charge >= 0.3 is 0 Å². The first kappa shape index (κ1) is 15.9. The second-order valence-electron chi connectivity index (χ2n) is 4.21. The van der Waals surface area contributed by atoms with Crippen molar-refractivity contribution in [2.24, 2.45) is 5.10 Å². The molecule has 0 saturated carbocycles. The molecule has 0 spiro atoms. The standard InChI is InChI=1S/C14H10IN3O4/c15-11-3-1-2-9(6-11)14(20)17-16-8-10-7-12(18(21)22)4-5-13(10)19/h1-8,19H,(H,17,20)/b16-8+. The van der Waals surface area contributed by atoms with E-state index >= 15 is 0 Å². The predicted molar refractivity (Wildman–Crippen MR) is 89.0 cm³/mol. The first-order valence-corrected chi connectivity index (χ1v) is 7.11. The van der Waals surface area contributed by atoms with Gasteiger partial charge < -0.3 is 5.11 Å². The van der Waals surface area contributed by atoms with Crippen LogP contribution in [0.1, 0.15) is 15.9 Å². The number of hydrazone groups is 1. The molecule has 0 aliphatic rings. The van der Waals surface area contributed by atoms with Gasteiger partial charge in [-0.25, -0.2) is 5.43 Å². The van der Waals surface area contributed by atoms with Gasteiger partial charge in [0.15, 0.2) is 0 Å². The Labute approximate surface area is 139 Å². The summed E-state index contributed by atoms with van der Waals surface area (Å²) in [7, 11) is 0. The van der Waals surface area contributed by atoms with Crippen molar-refractivity contribution in [3.8, 4) is 5.75 Å². The largest absolute Gasteiger partial charge is 0.507 e. The second-order valence-corrected chi connectivity index (χ2v) is 5.46. The number of nitrogens with one attached hydrogen (secondary N) is 1. The topological polar surface area (TPSA) is 105 Å². The summed E-state index contributed by atoms with van der Waals surface area (Å²) in [5.74, 6) is -0.586. The van der Waals surface area contributed by atoms with Gasteiger partial charge in [0.2, 0.25) is 0 Å². The molecule has 0 aliphatic heterocycles. The van der Waals surface area contributed by atoms with Crippen LogP contribution in [0.25, 0.3) is 0 Å². The van der Waals surface area contributed by atoms with Crippen molar-refractivity contribution in [1.29, 1.82) is 0 Å². The van der Waals surface area contributed by atoms with E-state index in [1.807, 2.05) is 6.07 Å². The lowest BCUT2D eigenvalue weighted by Crippen LogP contribution is -2.17. The highest BCUT2D eigenvalue weighted by Gasteiger charge is 2.09. The zero-order chi connectivity index (χ0) is 16.1. The third kappa shape index (κ3) is 4.01. The number of carbonyl (C=O) groups excluding carboxylic acids is 1. The van der Waals surface area contributed by atoms with Crippen molar-refractivity contribution in [2.75, 3.05) is 0 Å². The van der Waals surface area contributed by atoms with Crippen LogP contribution in [0, 0.1) is 13.7 Å². The monoisotopic (exact) mass is 411 g/mol. The van der Waals surface area contributed by atoms with Crippen molar-refractivity contribution in [3.63, 3.8) is 0 Å². The van der Waals surface area contributed by atoms with E-state index in [2.05, 4.69) is 33.1 Å². The number of amides is 1. The molecule has 0 saturated heterocycles. The lowest BCUT2D eigenvalue weighted by atomic mass is 10.2. The van der Waals surface area contributed by atoms with Crippen LogP contribution in [0.4, 0.5) is 5.69 Å². The van der Waals surface area contributed by atoms with E-state index in [1.165, 1.54) is 12.1 Å². The summed E-state index contributed by atoms with van der Waals surface area (Å²) < 4.78 is 0.908. The van der Waals surface area contributed by atoms with Crippen molar-refractivity contribution >= 4 is 40.4 Å². The second kappa shape index (κ2) is 6.98. The molecule has 0 bridgehead atoms. The Kier molecular flexibility index (Phi) is 5.04. The van der Waals surface area contributed by atoms with E-state index in [4.69, 9.17) is 0 Å². The maximum Gasteiger partial charge on any atom is 0.271 e. The Morgan fingerprint density at radius 2 is 2.09 bits per heavy atom. The van der Waals surface area contributed by atoms with E-state index in [-0.39, 0.29) is 17.0 Å². The van der Waals surface area contributed by atoms with Gasteiger partial charge in [0.05, 0.1) is 11.1 Å². The highest BCUT2D eigenvalue weighted by molar-refractivity contribution is 14.1. The Bertz CT molecular complexity index is 762. The number of carbonyl (C=O) groups is 1. The number of nitro groups is 1. The highest BCUT2D eigenvalue weighted by atomic mass is 127. The SMILES string of the molecule is O=C(N/N=C/c1cc([N+](=O)[O-])ccc1O)c1cccc(I)c1. The van der Waals surface area contributed by atoms with Gasteiger partial charge in [0.25, 0.3) is 11.6 Å². The molecule has 0 atom stereocenters. The first-order chi connectivity index (χ1) is 10.5. The van der Waals surface area contributed by atoms with Gasteiger partial charge in [-0.1, -0.05) is 6.07 Å². The summed E-state index contributed by atoms with van der Waals surface area (Å²) in [6.07, 6.45) is 1.15. The predicted octanol–water partition coefficient (Wildman–Crippen LogP) is 2.67. The molecule has 0 aliphatic carbocycles. The molecule has 112 valence electrons. The van der Waals surface area contributed by atoms with Gasteiger partial charge in [-0.05, 0) is 46.9 Å². The van der Waals surface area contributed by atoms with Crippen LogP contribution in [0.15, 0.2) is 47.6 Å². The maximum absolute atomic E-state index is 11.8. The highest BCUT2D eigenvalue weighted by Crippen LogP contribution is 2.21. The number of hydrogen-bond donors (Lipinski definition) is 2. The molecule has 1 amide bonds. The Morgan fingerprint density at radius 1 is 1.32 bits per heavy atom. The van der Waals surface area contributed by atoms with Gasteiger partial charge in [-0.2, -0.15) is 5.10 Å². The molecule has 2 aromatic carbocycles. The van der Waals surface area contributed by atoms with E-state index in [1.54, 1.807) is 18.2 Å². The summed E-state index contributed by atoms with van der Waals surface area (Å²) in [6, 6.07) is 10.5. The van der Waals surface area contributed by atoms with Gasteiger partial charge in [0, 0.05) is 26.8 Å². The molecule has 0 fully saturated rings. The van der Waals surface area contributed by atoms with Crippen molar-refractivity contribution in [2.45, 2.75) is 0 Å². The van der Waals surface area contributed by atoms with Crippen LogP contribution in [0.3, 0.4) is 0 Å². The lowest BCUT2D eigenvalue weighted by Gasteiger charge is -2.01. The van der Waals surface area contributed by atoms with Crippen LogP contribution in [-0.4, -0.2) is 22.2 Å². The van der Waals surface area contributed by atoms with Crippen LogP contribution in [0.2, 0.25) is 0 Å². The smallest absolute Gasteiger partial charge is 0.271 e. The number of benzene rings is 2. The van der Waals surface area contributed by atoms with Crippen molar-refractivity contribution in [3.05, 3.63) is 67.3 Å². The van der Waals surface area contributed by atoms with Crippen molar-refractivity contribution < 1.29 is 14.8 Å². The normalized spacial score (nSPS) is 10.6. The average Bonchev–Trinajstić information content (AvgIpc) is 2.48. The number of phenols is 1. The number of phenolic OH excluding ortho intramolecular Hbond substituents is 1. The Balaban J connectivity index is 2.11. The molecule has 0 unspecified atom stereocenters. The summed E-state index contributed by atoms with van der Waals surface area (Å²) in [6.45, 7) is 0. The van der Waals surface area contributed by atoms with Gasteiger partial charge in [-0.15, -0.1) is 0 Å². The van der Waals surface area contributed by atoms with Crippen LogP contribution in [-0.2, 0) is 0 Å².